The molecular formula is C22H28N4O2S. The Bertz CT molecular complexity index is 879. The SMILES string of the molecule is OC(CCCCNSN(O)C1=CCCC=C1)CC1c2ccccc2-c2cncn21. The van der Waals surface area contributed by atoms with Crippen molar-refractivity contribution in [3.63, 3.8) is 0 Å². The van der Waals surface area contributed by atoms with Gasteiger partial charge in [-0.05, 0) is 50.2 Å². The summed E-state index contributed by atoms with van der Waals surface area (Å²) in [5.41, 5.74) is 4.45. The Labute approximate surface area is 176 Å². The monoisotopic (exact) mass is 412 g/mol. The lowest BCUT2D eigenvalue weighted by Crippen LogP contribution is -2.19. The van der Waals surface area contributed by atoms with E-state index in [9.17, 15) is 10.3 Å². The molecule has 0 bridgehead atoms. The van der Waals surface area contributed by atoms with Gasteiger partial charge >= 0.3 is 0 Å². The second-order valence-electron chi connectivity index (χ2n) is 7.54. The summed E-state index contributed by atoms with van der Waals surface area (Å²) < 4.78 is 6.52. The zero-order valence-electron chi connectivity index (χ0n) is 16.4. The number of aliphatic hydroxyl groups is 1. The molecule has 2 unspecified atom stereocenters. The molecule has 4 rings (SSSR count). The molecule has 2 atom stereocenters. The van der Waals surface area contributed by atoms with Gasteiger partial charge in [0.2, 0.25) is 0 Å². The normalized spacial score (nSPS) is 18.3. The molecule has 1 aromatic heterocycles. The molecule has 7 heteroatoms. The lowest BCUT2D eigenvalue weighted by atomic mass is 9.97. The third-order valence-electron chi connectivity index (χ3n) is 5.51. The molecule has 2 aliphatic rings. The summed E-state index contributed by atoms with van der Waals surface area (Å²) in [5.74, 6) is 0. The molecule has 1 aliphatic carbocycles. The molecule has 0 saturated carbocycles. The summed E-state index contributed by atoms with van der Waals surface area (Å²) in [5, 5.41) is 20.6. The van der Waals surface area contributed by atoms with Crippen LogP contribution in [0.1, 0.15) is 50.1 Å². The molecule has 3 N–H and O–H groups in total. The van der Waals surface area contributed by atoms with Crippen molar-refractivity contribution in [3.05, 3.63) is 66.3 Å². The van der Waals surface area contributed by atoms with Gasteiger partial charge in [0.1, 0.15) is 0 Å². The first kappa shape index (κ1) is 20.2. The average molecular weight is 413 g/mol. The van der Waals surface area contributed by atoms with E-state index in [0.717, 1.165) is 50.0 Å². The van der Waals surface area contributed by atoms with Crippen molar-refractivity contribution >= 4 is 12.1 Å². The minimum absolute atomic E-state index is 0.159. The topological polar surface area (TPSA) is 73.6 Å². The van der Waals surface area contributed by atoms with E-state index in [1.165, 1.54) is 27.7 Å². The van der Waals surface area contributed by atoms with Crippen LogP contribution in [-0.4, -0.2) is 37.0 Å². The van der Waals surface area contributed by atoms with Crippen LogP contribution in [-0.2, 0) is 0 Å². The van der Waals surface area contributed by atoms with E-state index in [1.54, 1.807) is 0 Å². The highest BCUT2D eigenvalue weighted by atomic mass is 32.2. The molecule has 1 aromatic carbocycles. The highest BCUT2D eigenvalue weighted by Crippen LogP contribution is 2.41. The molecule has 29 heavy (non-hydrogen) atoms. The second-order valence-corrected chi connectivity index (χ2v) is 8.36. The van der Waals surface area contributed by atoms with Gasteiger partial charge in [0.25, 0.3) is 0 Å². The number of fused-ring (bicyclic) bond motifs is 3. The molecule has 2 heterocycles. The summed E-state index contributed by atoms with van der Waals surface area (Å²) >= 11 is 1.20. The number of hydrogen-bond acceptors (Lipinski definition) is 6. The van der Waals surface area contributed by atoms with E-state index < -0.39 is 0 Å². The Morgan fingerprint density at radius 3 is 3.03 bits per heavy atom. The van der Waals surface area contributed by atoms with Gasteiger partial charge in [-0.3, -0.25) is 5.21 Å². The van der Waals surface area contributed by atoms with Crippen LogP contribution >= 0.6 is 12.1 Å². The van der Waals surface area contributed by atoms with Crippen molar-refractivity contribution in [1.29, 1.82) is 0 Å². The van der Waals surface area contributed by atoms with Crippen LogP contribution in [0.15, 0.2) is 60.7 Å². The molecule has 0 saturated heterocycles. The molecule has 1 aliphatic heterocycles. The number of imidazole rings is 1. The third-order valence-corrected chi connectivity index (χ3v) is 6.22. The Morgan fingerprint density at radius 2 is 2.17 bits per heavy atom. The number of rotatable bonds is 10. The Balaban J connectivity index is 1.17. The van der Waals surface area contributed by atoms with Crippen LogP contribution in [0.2, 0.25) is 0 Å². The van der Waals surface area contributed by atoms with Gasteiger partial charge in [-0.25, -0.2) is 9.71 Å². The summed E-state index contributed by atoms with van der Waals surface area (Å²) in [6, 6.07) is 8.55. The van der Waals surface area contributed by atoms with Crippen molar-refractivity contribution in [1.82, 2.24) is 18.7 Å². The first-order chi connectivity index (χ1) is 14.2. The summed E-state index contributed by atoms with van der Waals surface area (Å²) in [6.45, 7) is 0.781. The molecule has 154 valence electrons. The Kier molecular flexibility index (Phi) is 6.71. The predicted molar refractivity (Wildman–Crippen MR) is 116 cm³/mol. The highest BCUT2D eigenvalue weighted by Gasteiger charge is 2.29. The van der Waals surface area contributed by atoms with Gasteiger partial charge < -0.3 is 9.67 Å². The maximum absolute atomic E-state index is 10.6. The summed E-state index contributed by atoms with van der Waals surface area (Å²) in [4.78, 5) is 4.28. The number of aliphatic hydroxyl groups excluding tert-OH is 1. The molecule has 0 spiro atoms. The van der Waals surface area contributed by atoms with Gasteiger partial charge in [0.05, 0.1) is 48.2 Å². The number of allylic oxidation sites excluding steroid dienone is 3. The molecule has 0 radical (unpaired) electrons. The average Bonchev–Trinajstić information content (AvgIpc) is 3.34. The minimum atomic E-state index is -0.346. The number of nitrogens with one attached hydrogen (secondary N) is 1. The van der Waals surface area contributed by atoms with Crippen molar-refractivity contribution in [2.75, 3.05) is 6.54 Å². The molecular weight excluding hydrogens is 384 g/mol. The van der Waals surface area contributed by atoms with E-state index in [2.05, 4.69) is 44.6 Å². The number of unbranched alkanes of at least 4 members (excludes halogenated alkanes) is 1. The van der Waals surface area contributed by atoms with E-state index >= 15 is 0 Å². The first-order valence-corrected chi connectivity index (χ1v) is 11.1. The zero-order chi connectivity index (χ0) is 20.1. The summed E-state index contributed by atoms with van der Waals surface area (Å²) in [7, 11) is 0. The predicted octanol–water partition coefficient (Wildman–Crippen LogP) is 4.45. The van der Waals surface area contributed by atoms with Crippen LogP contribution in [0.5, 0.6) is 0 Å². The highest BCUT2D eigenvalue weighted by molar-refractivity contribution is 7.95. The molecule has 0 amide bonds. The smallest absolute Gasteiger partial charge is 0.0956 e. The fourth-order valence-electron chi connectivity index (χ4n) is 4.03. The number of nitrogens with zero attached hydrogens (tertiary/aromatic N) is 3. The van der Waals surface area contributed by atoms with E-state index in [1.807, 2.05) is 24.7 Å². The van der Waals surface area contributed by atoms with Gasteiger partial charge in [0, 0.05) is 12.1 Å². The summed E-state index contributed by atoms with van der Waals surface area (Å²) in [6.07, 6.45) is 14.8. The van der Waals surface area contributed by atoms with Gasteiger partial charge in [0.15, 0.2) is 0 Å². The molecule has 6 nitrogen and oxygen atoms in total. The standard InChI is InChI=1S/C22H28N4O2S/c27-18(10-6-7-13-24-29-26(28)17-8-2-1-3-9-17)14-21-19-11-4-5-12-20(19)22-15-23-16-25(21)22/h2,4-5,8-9,11-12,15-16,18,21,24,27-28H,1,3,6-7,10,13-14H2. The minimum Gasteiger partial charge on any atom is -0.393 e. The maximum atomic E-state index is 10.6. The van der Waals surface area contributed by atoms with E-state index in [4.69, 9.17) is 0 Å². The first-order valence-electron chi connectivity index (χ1n) is 10.3. The fraction of sp³-hybridized carbons (Fsp3) is 0.409. The Hall–Kier alpha value is -2.06. The number of aromatic nitrogens is 2. The van der Waals surface area contributed by atoms with E-state index in [-0.39, 0.29) is 12.1 Å². The number of benzene rings is 1. The van der Waals surface area contributed by atoms with Crippen LogP contribution in [0.4, 0.5) is 0 Å². The van der Waals surface area contributed by atoms with Crippen LogP contribution in [0.3, 0.4) is 0 Å². The molecule has 2 aromatic rings. The van der Waals surface area contributed by atoms with Crippen LogP contribution in [0.25, 0.3) is 11.3 Å². The van der Waals surface area contributed by atoms with Gasteiger partial charge in [-0.2, -0.15) is 4.47 Å². The van der Waals surface area contributed by atoms with Crippen molar-refractivity contribution < 1.29 is 10.3 Å². The fourth-order valence-corrected chi connectivity index (χ4v) is 4.63. The van der Waals surface area contributed by atoms with Crippen molar-refractivity contribution in [2.45, 2.75) is 50.7 Å². The van der Waals surface area contributed by atoms with Gasteiger partial charge in [-0.1, -0.05) is 36.4 Å². The second kappa shape index (κ2) is 9.63. The third kappa shape index (κ3) is 4.75. The van der Waals surface area contributed by atoms with Crippen LogP contribution in [0, 0.1) is 0 Å². The van der Waals surface area contributed by atoms with Crippen molar-refractivity contribution in [2.24, 2.45) is 0 Å². The lowest BCUT2D eigenvalue weighted by Gasteiger charge is -2.19. The number of hydroxylamine groups is 1. The maximum Gasteiger partial charge on any atom is 0.0956 e. The molecule has 0 fully saturated rings. The van der Waals surface area contributed by atoms with E-state index in [0.29, 0.717) is 6.42 Å². The zero-order valence-corrected chi connectivity index (χ0v) is 17.3. The lowest BCUT2D eigenvalue weighted by molar-refractivity contribution is 0.0565. The van der Waals surface area contributed by atoms with Crippen molar-refractivity contribution in [3.8, 4) is 11.3 Å². The van der Waals surface area contributed by atoms with Crippen LogP contribution < -0.4 is 4.72 Å². The largest absolute Gasteiger partial charge is 0.393 e. The quantitative estimate of drug-likeness (QED) is 0.304. The Morgan fingerprint density at radius 1 is 1.28 bits per heavy atom. The van der Waals surface area contributed by atoms with Gasteiger partial charge in [-0.15, -0.1) is 0 Å². The number of hydrogen-bond donors (Lipinski definition) is 3.